The molecule has 2 rings (SSSR count). The quantitative estimate of drug-likeness (QED) is 0.827. The number of H-pyrrole nitrogens is 1. The summed E-state index contributed by atoms with van der Waals surface area (Å²) in [5, 5.41) is 16.1. The fourth-order valence-corrected chi connectivity index (χ4v) is 2.10. The van der Waals surface area contributed by atoms with Crippen LogP contribution in [0, 0.1) is 11.3 Å². The minimum atomic E-state index is -0.434. The highest BCUT2D eigenvalue weighted by Gasteiger charge is 2.16. The Morgan fingerprint density at radius 3 is 2.86 bits per heavy atom. The van der Waals surface area contributed by atoms with E-state index in [1.165, 1.54) is 0 Å². The van der Waals surface area contributed by atoms with Gasteiger partial charge < -0.3 is 4.74 Å². The molecule has 1 heterocycles. The van der Waals surface area contributed by atoms with Crippen molar-refractivity contribution in [3.63, 3.8) is 0 Å². The number of nitrogens with one attached hydrogen (secondary N) is 1. The van der Waals surface area contributed by atoms with E-state index in [9.17, 15) is 4.79 Å². The number of rotatable bonds is 6. The zero-order chi connectivity index (χ0) is 15.2. The third kappa shape index (κ3) is 3.69. The van der Waals surface area contributed by atoms with Crippen molar-refractivity contribution in [2.24, 2.45) is 0 Å². The molecule has 0 fully saturated rings. The molecule has 0 radical (unpaired) electrons. The van der Waals surface area contributed by atoms with Gasteiger partial charge in [-0.2, -0.15) is 10.4 Å². The second kappa shape index (κ2) is 6.71. The SMILES string of the molecule is CC(C)c1cc(CC(OC=O)c2cccc(C#N)c2)[nH]n1. The molecule has 0 aliphatic heterocycles. The zero-order valence-electron chi connectivity index (χ0n) is 12.0. The Labute approximate surface area is 123 Å². The van der Waals surface area contributed by atoms with Crippen LogP contribution in [0.15, 0.2) is 30.3 Å². The average Bonchev–Trinajstić information content (AvgIpc) is 2.96. The number of ether oxygens (including phenoxy) is 1. The minimum absolute atomic E-state index is 0.336. The maximum atomic E-state index is 10.7. The molecule has 5 heteroatoms. The Kier molecular flexibility index (Phi) is 4.72. The predicted molar refractivity (Wildman–Crippen MR) is 77.4 cm³/mol. The lowest BCUT2D eigenvalue weighted by Crippen LogP contribution is -2.07. The van der Waals surface area contributed by atoms with Crippen molar-refractivity contribution in [2.45, 2.75) is 32.3 Å². The van der Waals surface area contributed by atoms with E-state index in [-0.39, 0.29) is 0 Å². The number of hydrogen-bond acceptors (Lipinski definition) is 4. The minimum Gasteiger partial charge on any atom is -0.459 e. The van der Waals surface area contributed by atoms with Gasteiger partial charge in [0.1, 0.15) is 6.10 Å². The van der Waals surface area contributed by atoms with Gasteiger partial charge >= 0.3 is 0 Å². The van der Waals surface area contributed by atoms with Gasteiger partial charge in [-0.25, -0.2) is 0 Å². The van der Waals surface area contributed by atoms with Crippen LogP contribution in [0.5, 0.6) is 0 Å². The van der Waals surface area contributed by atoms with Crippen LogP contribution in [0.25, 0.3) is 0 Å². The van der Waals surface area contributed by atoms with E-state index in [4.69, 9.17) is 10.00 Å². The summed E-state index contributed by atoms with van der Waals surface area (Å²) < 4.78 is 5.16. The van der Waals surface area contributed by atoms with E-state index in [0.29, 0.717) is 24.4 Å². The Balaban J connectivity index is 2.21. The molecular formula is C16H17N3O2. The molecule has 1 atom stereocenters. The van der Waals surface area contributed by atoms with E-state index in [1.54, 1.807) is 18.2 Å². The number of hydrogen-bond donors (Lipinski definition) is 1. The number of nitrogens with zero attached hydrogens (tertiary/aromatic N) is 2. The third-order valence-corrected chi connectivity index (χ3v) is 3.25. The van der Waals surface area contributed by atoms with E-state index in [0.717, 1.165) is 17.0 Å². The van der Waals surface area contributed by atoms with Gasteiger partial charge in [0.05, 0.1) is 17.3 Å². The molecule has 1 N–H and O–H groups in total. The normalized spacial score (nSPS) is 11.9. The van der Waals surface area contributed by atoms with Gasteiger partial charge in [0, 0.05) is 12.1 Å². The van der Waals surface area contributed by atoms with Crippen LogP contribution in [0.3, 0.4) is 0 Å². The molecule has 1 aromatic carbocycles. The number of carbonyl (C=O) groups excluding carboxylic acids is 1. The standard InChI is InChI=1S/C16H17N3O2/c1-11(2)15-7-14(18-19-15)8-16(21-10-20)13-5-3-4-12(6-13)9-17/h3-7,10-11,16H,8H2,1-2H3,(H,18,19). The van der Waals surface area contributed by atoms with Crippen molar-refractivity contribution >= 4 is 6.47 Å². The Hall–Kier alpha value is -2.61. The topological polar surface area (TPSA) is 78.8 Å². The van der Waals surface area contributed by atoms with E-state index >= 15 is 0 Å². The van der Waals surface area contributed by atoms with Crippen LogP contribution in [0.2, 0.25) is 0 Å². The molecule has 21 heavy (non-hydrogen) atoms. The zero-order valence-corrected chi connectivity index (χ0v) is 12.0. The molecule has 0 saturated carbocycles. The molecule has 1 unspecified atom stereocenters. The molecule has 0 bridgehead atoms. The number of aromatic nitrogens is 2. The lowest BCUT2D eigenvalue weighted by atomic mass is 10.0. The molecule has 0 amide bonds. The Morgan fingerprint density at radius 2 is 2.24 bits per heavy atom. The van der Waals surface area contributed by atoms with E-state index in [1.807, 2.05) is 12.1 Å². The lowest BCUT2D eigenvalue weighted by molar-refractivity contribution is -0.133. The predicted octanol–water partition coefficient (Wildman–Crippen LogP) is 2.86. The highest BCUT2D eigenvalue weighted by Crippen LogP contribution is 2.23. The summed E-state index contributed by atoms with van der Waals surface area (Å²) in [6.07, 6.45) is 0.0594. The Bertz CT molecular complexity index is 656. The van der Waals surface area contributed by atoms with Gasteiger partial charge in [-0.15, -0.1) is 0 Å². The summed E-state index contributed by atoms with van der Waals surface area (Å²) in [5.41, 5.74) is 3.20. The lowest BCUT2D eigenvalue weighted by Gasteiger charge is -2.14. The van der Waals surface area contributed by atoms with Gasteiger partial charge in [-0.1, -0.05) is 26.0 Å². The first-order valence-electron chi connectivity index (χ1n) is 6.77. The van der Waals surface area contributed by atoms with E-state index in [2.05, 4.69) is 30.1 Å². The van der Waals surface area contributed by atoms with E-state index < -0.39 is 6.10 Å². The number of nitriles is 1. The first kappa shape index (κ1) is 14.8. The smallest absolute Gasteiger partial charge is 0.293 e. The highest BCUT2D eigenvalue weighted by molar-refractivity contribution is 5.40. The van der Waals surface area contributed by atoms with Gasteiger partial charge in [0.2, 0.25) is 0 Å². The molecule has 5 nitrogen and oxygen atoms in total. The highest BCUT2D eigenvalue weighted by atomic mass is 16.5. The van der Waals surface area contributed by atoms with Crippen molar-refractivity contribution < 1.29 is 9.53 Å². The van der Waals surface area contributed by atoms with Crippen LogP contribution in [-0.2, 0) is 16.0 Å². The van der Waals surface area contributed by atoms with Crippen molar-refractivity contribution in [2.75, 3.05) is 0 Å². The van der Waals surface area contributed by atoms with Gasteiger partial charge in [0.15, 0.2) is 0 Å². The van der Waals surface area contributed by atoms with Crippen LogP contribution < -0.4 is 0 Å². The Morgan fingerprint density at radius 1 is 1.43 bits per heavy atom. The van der Waals surface area contributed by atoms with Crippen LogP contribution in [-0.4, -0.2) is 16.7 Å². The molecule has 0 aliphatic rings. The van der Waals surface area contributed by atoms with Gasteiger partial charge in [-0.05, 0) is 29.7 Å². The molecule has 0 aliphatic carbocycles. The van der Waals surface area contributed by atoms with Crippen LogP contribution in [0.4, 0.5) is 0 Å². The summed E-state index contributed by atoms with van der Waals surface area (Å²) in [6, 6.07) is 11.1. The van der Waals surface area contributed by atoms with Gasteiger partial charge in [0.25, 0.3) is 6.47 Å². The molecule has 0 saturated heterocycles. The molecular weight excluding hydrogens is 266 g/mol. The summed E-state index contributed by atoms with van der Waals surface area (Å²) in [4.78, 5) is 10.7. The number of benzene rings is 1. The van der Waals surface area contributed by atoms with Crippen molar-refractivity contribution in [1.29, 1.82) is 5.26 Å². The fraction of sp³-hybridized carbons (Fsp3) is 0.312. The summed E-state index contributed by atoms with van der Waals surface area (Å²) in [7, 11) is 0. The summed E-state index contributed by atoms with van der Waals surface area (Å²) in [6.45, 7) is 4.56. The molecule has 1 aromatic heterocycles. The average molecular weight is 283 g/mol. The first-order valence-corrected chi connectivity index (χ1v) is 6.77. The maximum Gasteiger partial charge on any atom is 0.293 e. The first-order chi connectivity index (χ1) is 10.1. The molecule has 108 valence electrons. The number of carbonyl (C=O) groups is 1. The fourth-order valence-electron chi connectivity index (χ4n) is 2.10. The number of aromatic amines is 1. The van der Waals surface area contributed by atoms with Crippen LogP contribution >= 0.6 is 0 Å². The third-order valence-electron chi connectivity index (χ3n) is 3.25. The molecule has 0 spiro atoms. The molecule has 2 aromatic rings. The summed E-state index contributed by atoms with van der Waals surface area (Å²) in [5.74, 6) is 0.336. The second-order valence-electron chi connectivity index (χ2n) is 5.14. The van der Waals surface area contributed by atoms with Crippen molar-refractivity contribution in [1.82, 2.24) is 10.2 Å². The van der Waals surface area contributed by atoms with Gasteiger partial charge in [-0.3, -0.25) is 9.89 Å². The van der Waals surface area contributed by atoms with Crippen molar-refractivity contribution in [3.8, 4) is 6.07 Å². The van der Waals surface area contributed by atoms with Crippen LogP contribution in [0.1, 0.15) is 48.4 Å². The second-order valence-corrected chi connectivity index (χ2v) is 5.14. The summed E-state index contributed by atoms with van der Waals surface area (Å²) >= 11 is 0. The largest absolute Gasteiger partial charge is 0.459 e. The monoisotopic (exact) mass is 283 g/mol. The maximum absolute atomic E-state index is 10.7. The van der Waals surface area contributed by atoms with Crippen molar-refractivity contribution in [3.05, 3.63) is 52.8 Å².